The normalized spacial score (nSPS) is 12.5. The Kier molecular flexibility index (Phi) is 5.89. The molecule has 1 atom stereocenters. The molecule has 3 heteroatoms. The van der Waals surface area contributed by atoms with Crippen LogP contribution >= 0.6 is 0 Å². The molecule has 0 aliphatic carbocycles. The molecule has 1 unspecified atom stereocenters. The van der Waals surface area contributed by atoms with Gasteiger partial charge in [0.15, 0.2) is 0 Å². The molecule has 18 heavy (non-hydrogen) atoms. The molecular formula is C15H23NO2. The van der Waals surface area contributed by atoms with Gasteiger partial charge in [-0.2, -0.15) is 0 Å². The lowest BCUT2D eigenvalue weighted by molar-refractivity contribution is 0.171. The maximum atomic E-state index is 9.96. The highest BCUT2D eigenvalue weighted by Gasteiger charge is 2.07. The van der Waals surface area contributed by atoms with Gasteiger partial charge >= 0.3 is 0 Å². The molecule has 1 rings (SSSR count). The van der Waals surface area contributed by atoms with Crippen LogP contribution in [0.5, 0.6) is 5.75 Å². The highest BCUT2D eigenvalue weighted by molar-refractivity contribution is 5.29. The summed E-state index contributed by atoms with van der Waals surface area (Å²) in [5.41, 5.74) is 1.88. The summed E-state index contributed by atoms with van der Waals surface area (Å²) in [5.74, 6) is 0.797. The Morgan fingerprint density at radius 3 is 2.44 bits per heavy atom. The number of aliphatic hydroxyl groups excluding tert-OH is 1. The largest absolute Gasteiger partial charge is 0.489 e. The van der Waals surface area contributed by atoms with Crippen molar-refractivity contribution >= 4 is 0 Å². The molecule has 0 radical (unpaired) electrons. The molecule has 0 saturated heterocycles. The number of nitrogens with one attached hydrogen (secondary N) is 1. The predicted molar refractivity (Wildman–Crippen MR) is 74.8 cm³/mol. The first kappa shape index (κ1) is 14.7. The van der Waals surface area contributed by atoms with Crippen molar-refractivity contribution in [3.05, 3.63) is 42.0 Å². The van der Waals surface area contributed by atoms with E-state index >= 15 is 0 Å². The maximum Gasteiger partial charge on any atom is 0.119 e. The highest BCUT2D eigenvalue weighted by Crippen LogP contribution is 2.17. The number of hydrogen-bond donors (Lipinski definition) is 2. The van der Waals surface area contributed by atoms with E-state index in [1.165, 1.54) is 0 Å². The Balaban J connectivity index is 2.51. The lowest BCUT2D eigenvalue weighted by atomic mass is 10.1. The van der Waals surface area contributed by atoms with Crippen molar-refractivity contribution in [2.24, 2.45) is 0 Å². The Bertz CT molecular complexity index is 371. The van der Waals surface area contributed by atoms with E-state index < -0.39 is 6.10 Å². The van der Waals surface area contributed by atoms with Gasteiger partial charge in [-0.15, -0.1) is 0 Å². The van der Waals surface area contributed by atoms with Crippen LogP contribution in [0.3, 0.4) is 0 Å². The first-order valence-corrected chi connectivity index (χ1v) is 6.27. The van der Waals surface area contributed by atoms with Crippen LogP contribution in [0.2, 0.25) is 0 Å². The van der Waals surface area contributed by atoms with E-state index in [1.807, 2.05) is 31.2 Å². The first-order valence-electron chi connectivity index (χ1n) is 6.27. The summed E-state index contributed by atoms with van der Waals surface area (Å²) in [4.78, 5) is 0. The van der Waals surface area contributed by atoms with Crippen molar-refractivity contribution in [1.29, 1.82) is 0 Å². The second kappa shape index (κ2) is 7.19. The van der Waals surface area contributed by atoms with Crippen LogP contribution in [-0.2, 0) is 0 Å². The third kappa shape index (κ3) is 5.34. The molecule has 0 heterocycles. The summed E-state index contributed by atoms with van der Waals surface area (Å²) in [6, 6.07) is 7.90. The fourth-order valence-corrected chi connectivity index (χ4v) is 1.46. The quantitative estimate of drug-likeness (QED) is 0.730. The number of aliphatic hydroxyl groups is 1. The summed E-state index contributed by atoms with van der Waals surface area (Å²) >= 11 is 0. The SMILES string of the molecule is C=C(C)COc1ccc(C(O)CNC(C)C)cc1. The van der Waals surface area contributed by atoms with E-state index in [-0.39, 0.29) is 0 Å². The minimum absolute atomic E-state index is 0.373. The summed E-state index contributed by atoms with van der Waals surface area (Å²) in [7, 11) is 0. The average molecular weight is 249 g/mol. The predicted octanol–water partition coefficient (Wildman–Crippen LogP) is 2.67. The van der Waals surface area contributed by atoms with E-state index in [4.69, 9.17) is 4.74 Å². The molecule has 2 N–H and O–H groups in total. The lowest BCUT2D eigenvalue weighted by Crippen LogP contribution is -2.27. The van der Waals surface area contributed by atoms with Crippen LogP contribution in [0.1, 0.15) is 32.4 Å². The first-order chi connectivity index (χ1) is 8.49. The van der Waals surface area contributed by atoms with Crippen molar-refractivity contribution in [2.75, 3.05) is 13.2 Å². The zero-order valence-corrected chi connectivity index (χ0v) is 11.4. The van der Waals surface area contributed by atoms with Crippen LogP contribution in [0, 0.1) is 0 Å². The molecule has 0 saturated carbocycles. The zero-order valence-electron chi connectivity index (χ0n) is 11.4. The second-order valence-corrected chi connectivity index (χ2v) is 4.89. The van der Waals surface area contributed by atoms with Gasteiger partial charge in [0.05, 0.1) is 6.10 Å². The van der Waals surface area contributed by atoms with Gasteiger partial charge in [-0.25, -0.2) is 0 Å². The van der Waals surface area contributed by atoms with E-state index in [1.54, 1.807) is 0 Å². The standard InChI is InChI=1S/C15H23NO2/c1-11(2)10-18-14-7-5-13(6-8-14)15(17)9-16-12(3)4/h5-8,12,15-17H,1,9-10H2,2-4H3. The van der Waals surface area contributed by atoms with E-state index in [2.05, 4.69) is 25.7 Å². The third-order valence-corrected chi connectivity index (χ3v) is 2.47. The number of benzene rings is 1. The van der Waals surface area contributed by atoms with Crippen LogP contribution in [-0.4, -0.2) is 24.3 Å². The van der Waals surface area contributed by atoms with Crippen LogP contribution < -0.4 is 10.1 Å². The number of ether oxygens (including phenoxy) is 1. The minimum atomic E-state index is -0.484. The van der Waals surface area contributed by atoms with Gasteiger partial charge in [-0.1, -0.05) is 32.6 Å². The molecular weight excluding hydrogens is 226 g/mol. The number of hydrogen-bond acceptors (Lipinski definition) is 3. The molecule has 0 aliphatic heterocycles. The van der Waals surface area contributed by atoms with E-state index in [0.29, 0.717) is 19.2 Å². The minimum Gasteiger partial charge on any atom is -0.489 e. The smallest absolute Gasteiger partial charge is 0.119 e. The molecule has 0 spiro atoms. The van der Waals surface area contributed by atoms with Crippen molar-refractivity contribution in [2.45, 2.75) is 32.9 Å². The Morgan fingerprint density at radius 1 is 1.33 bits per heavy atom. The third-order valence-electron chi connectivity index (χ3n) is 2.47. The zero-order chi connectivity index (χ0) is 13.5. The summed E-state index contributed by atoms with van der Waals surface area (Å²) in [6.07, 6.45) is -0.484. The fraction of sp³-hybridized carbons (Fsp3) is 0.467. The van der Waals surface area contributed by atoms with Crippen molar-refractivity contribution in [1.82, 2.24) is 5.32 Å². The van der Waals surface area contributed by atoms with Crippen molar-refractivity contribution < 1.29 is 9.84 Å². The van der Waals surface area contributed by atoms with Crippen LogP contribution in [0.15, 0.2) is 36.4 Å². The molecule has 1 aromatic rings. The molecule has 0 aromatic heterocycles. The molecule has 0 bridgehead atoms. The van der Waals surface area contributed by atoms with Crippen molar-refractivity contribution in [3.63, 3.8) is 0 Å². The van der Waals surface area contributed by atoms with Gasteiger partial charge in [0, 0.05) is 12.6 Å². The average Bonchev–Trinajstić information content (AvgIpc) is 2.34. The highest BCUT2D eigenvalue weighted by atomic mass is 16.5. The van der Waals surface area contributed by atoms with Crippen LogP contribution in [0.25, 0.3) is 0 Å². The second-order valence-electron chi connectivity index (χ2n) is 4.89. The number of rotatable bonds is 7. The van der Waals surface area contributed by atoms with Gasteiger partial charge < -0.3 is 15.2 Å². The van der Waals surface area contributed by atoms with Crippen LogP contribution in [0.4, 0.5) is 0 Å². The molecule has 0 aliphatic rings. The van der Waals surface area contributed by atoms with E-state index in [0.717, 1.165) is 16.9 Å². The molecule has 3 nitrogen and oxygen atoms in total. The van der Waals surface area contributed by atoms with Gasteiger partial charge in [-0.3, -0.25) is 0 Å². The summed E-state index contributed by atoms with van der Waals surface area (Å²) in [6.45, 7) is 10.9. The topological polar surface area (TPSA) is 41.5 Å². The van der Waals surface area contributed by atoms with Gasteiger partial charge in [0.25, 0.3) is 0 Å². The molecule has 0 fully saturated rings. The summed E-state index contributed by atoms with van der Waals surface area (Å²) in [5, 5.41) is 13.2. The lowest BCUT2D eigenvalue weighted by Gasteiger charge is -2.15. The summed E-state index contributed by atoms with van der Waals surface area (Å²) < 4.78 is 5.50. The Morgan fingerprint density at radius 2 is 1.94 bits per heavy atom. The molecule has 1 aromatic carbocycles. The maximum absolute atomic E-state index is 9.96. The van der Waals surface area contributed by atoms with Gasteiger partial charge in [-0.05, 0) is 30.2 Å². The van der Waals surface area contributed by atoms with Crippen molar-refractivity contribution in [3.8, 4) is 5.75 Å². The van der Waals surface area contributed by atoms with E-state index in [9.17, 15) is 5.11 Å². The Labute approximate surface area is 109 Å². The van der Waals surface area contributed by atoms with Gasteiger partial charge in [0.1, 0.15) is 12.4 Å². The molecule has 100 valence electrons. The monoisotopic (exact) mass is 249 g/mol. The Hall–Kier alpha value is -1.32. The van der Waals surface area contributed by atoms with Gasteiger partial charge in [0.2, 0.25) is 0 Å². The molecule has 0 amide bonds. The fourth-order valence-electron chi connectivity index (χ4n) is 1.46.